The van der Waals surface area contributed by atoms with E-state index in [9.17, 15) is 4.79 Å². The molecule has 0 radical (unpaired) electrons. The Morgan fingerprint density at radius 2 is 2.09 bits per heavy atom. The number of carboxylic acid groups (broad SMARTS) is 1. The SMILES string of the molecule is CCc1cc(C(=O)O)ccc1N(C)c1cc2c(cn1)ncn2C. The van der Waals surface area contributed by atoms with E-state index in [0.29, 0.717) is 5.56 Å². The minimum absolute atomic E-state index is 0.300. The second-order valence-corrected chi connectivity index (χ2v) is 5.45. The first kappa shape index (κ1) is 15.0. The zero-order valence-corrected chi connectivity index (χ0v) is 13.3. The molecule has 1 aromatic carbocycles. The Morgan fingerprint density at radius 3 is 2.78 bits per heavy atom. The highest BCUT2D eigenvalue weighted by atomic mass is 16.4. The Labute approximate surface area is 134 Å². The molecule has 3 rings (SSSR count). The van der Waals surface area contributed by atoms with Gasteiger partial charge in [-0.05, 0) is 30.2 Å². The van der Waals surface area contributed by atoms with Crippen molar-refractivity contribution in [2.45, 2.75) is 13.3 Å². The summed E-state index contributed by atoms with van der Waals surface area (Å²) in [6.07, 6.45) is 4.25. The molecule has 118 valence electrons. The number of rotatable bonds is 4. The molecule has 0 saturated heterocycles. The molecule has 0 aliphatic heterocycles. The maximum Gasteiger partial charge on any atom is 0.335 e. The molecule has 0 saturated carbocycles. The number of hydrogen-bond acceptors (Lipinski definition) is 4. The van der Waals surface area contributed by atoms with Crippen LogP contribution in [0, 0.1) is 0 Å². The van der Waals surface area contributed by atoms with Crippen LogP contribution in [0.15, 0.2) is 36.8 Å². The summed E-state index contributed by atoms with van der Waals surface area (Å²) >= 11 is 0. The van der Waals surface area contributed by atoms with E-state index in [0.717, 1.165) is 34.5 Å². The molecule has 3 aromatic rings. The zero-order chi connectivity index (χ0) is 16.6. The van der Waals surface area contributed by atoms with Gasteiger partial charge in [-0.15, -0.1) is 0 Å². The fraction of sp³-hybridized carbons (Fsp3) is 0.235. The van der Waals surface area contributed by atoms with Gasteiger partial charge in [-0.25, -0.2) is 14.8 Å². The molecule has 0 atom stereocenters. The number of aromatic nitrogens is 3. The quantitative estimate of drug-likeness (QED) is 0.802. The first-order valence-corrected chi connectivity index (χ1v) is 7.38. The molecule has 0 bridgehead atoms. The van der Waals surface area contributed by atoms with E-state index in [1.165, 1.54) is 0 Å². The number of carbonyl (C=O) groups is 1. The third kappa shape index (κ3) is 2.63. The van der Waals surface area contributed by atoms with Crippen molar-refractivity contribution >= 4 is 28.5 Å². The average Bonchev–Trinajstić information content (AvgIpc) is 2.94. The van der Waals surface area contributed by atoms with Crippen molar-refractivity contribution in [3.05, 3.63) is 47.9 Å². The average molecular weight is 310 g/mol. The van der Waals surface area contributed by atoms with Gasteiger partial charge in [0.25, 0.3) is 0 Å². The van der Waals surface area contributed by atoms with Gasteiger partial charge in [-0.3, -0.25) is 0 Å². The Bertz CT molecular complexity index is 885. The molecule has 2 heterocycles. The Hall–Kier alpha value is -2.89. The molecule has 2 aromatic heterocycles. The van der Waals surface area contributed by atoms with E-state index in [1.807, 2.05) is 42.6 Å². The molecule has 6 nitrogen and oxygen atoms in total. The van der Waals surface area contributed by atoms with Crippen molar-refractivity contribution < 1.29 is 9.90 Å². The highest BCUT2D eigenvalue weighted by molar-refractivity contribution is 5.89. The van der Waals surface area contributed by atoms with Crippen LogP contribution in [0.5, 0.6) is 0 Å². The van der Waals surface area contributed by atoms with Gasteiger partial charge in [0, 0.05) is 25.8 Å². The predicted molar refractivity (Wildman–Crippen MR) is 89.4 cm³/mol. The van der Waals surface area contributed by atoms with E-state index in [-0.39, 0.29) is 0 Å². The molecule has 0 amide bonds. The van der Waals surface area contributed by atoms with Crippen molar-refractivity contribution in [1.82, 2.24) is 14.5 Å². The van der Waals surface area contributed by atoms with E-state index in [1.54, 1.807) is 24.7 Å². The van der Waals surface area contributed by atoms with Crippen molar-refractivity contribution in [2.75, 3.05) is 11.9 Å². The van der Waals surface area contributed by atoms with Crippen LogP contribution in [-0.4, -0.2) is 32.7 Å². The van der Waals surface area contributed by atoms with Crippen LogP contribution in [0.25, 0.3) is 11.0 Å². The van der Waals surface area contributed by atoms with Crippen LogP contribution in [-0.2, 0) is 13.5 Å². The van der Waals surface area contributed by atoms with E-state index in [4.69, 9.17) is 5.11 Å². The minimum Gasteiger partial charge on any atom is -0.478 e. The summed E-state index contributed by atoms with van der Waals surface area (Å²) in [5.41, 5.74) is 4.07. The summed E-state index contributed by atoms with van der Waals surface area (Å²) in [6.45, 7) is 2.01. The minimum atomic E-state index is -0.914. The molecule has 1 N–H and O–H groups in total. The highest BCUT2D eigenvalue weighted by Crippen LogP contribution is 2.28. The van der Waals surface area contributed by atoms with Crippen molar-refractivity contribution in [1.29, 1.82) is 0 Å². The molecule has 0 fully saturated rings. The number of carboxylic acids is 1. The molecule has 0 spiro atoms. The number of pyridine rings is 1. The van der Waals surface area contributed by atoms with E-state index < -0.39 is 5.97 Å². The second kappa shape index (κ2) is 5.72. The largest absolute Gasteiger partial charge is 0.478 e. The fourth-order valence-corrected chi connectivity index (χ4v) is 2.66. The summed E-state index contributed by atoms with van der Waals surface area (Å²) in [5.74, 6) is -0.123. The first-order valence-electron chi connectivity index (χ1n) is 7.38. The molecular formula is C17H18N4O2. The summed E-state index contributed by atoms with van der Waals surface area (Å²) in [7, 11) is 3.87. The Balaban J connectivity index is 2.05. The summed E-state index contributed by atoms with van der Waals surface area (Å²) < 4.78 is 1.95. The highest BCUT2D eigenvalue weighted by Gasteiger charge is 2.14. The van der Waals surface area contributed by atoms with Gasteiger partial charge in [-0.1, -0.05) is 6.92 Å². The smallest absolute Gasteiger partial charge is 0.335 e. The van der Waals surface area contributed by atoms with Gasteiger partial charge < -0.3 is 14.6 Å². The zero-order valence-electron chi connectivity index (χ0n) is 13.3. The third-order valence-corrected chi connectivity index (χ3v) is 4.01. The van der Waals surface area contributed by atoms with Crippen molar-refractivity contribution in [3.8, 4) is 0 Å². The first-order chi connectivity index (χ1) is 11.0. The summed E-state index contributed by atoms with van der Waals surface area (Å²) in [4.78, 5) is 21.8. The maximum atomic E-state index is 11.1. The lowest BCUT2D eigenvalue weighted by Gasteiger charge is -2.21. The second-order valence-electron chi connectivity index (χ2n) is 5.45. The van der Waals surface area contributed by atoms with Crippen LogP contribution >= 0.6 is 0 Å². The van der Waals surface area contributed by atoms with Gasteiger partial charge in [-0.2, -0.15) is 0 Å². The molecule has 0 aliphatic carbocycles. The van der Waals surface area contributed by atoms with E-state index >= 15 is 0 Å². The van der Waals surface area contributed by atoms with Crippen LogP contribution in [0.1, 0.15) is 22.8 Å². The number of anilines is 2. The molecule has 0 unspecified atom stereocenters. The third-order valence-electron chi connectivity index (χ3n) is 4.01. The Kier molecular flexibility index (Phi) is 3.73. The van der Waals surface area contributed by atoms with Gasteiger partial charge in [0.15, 0.2) is 0 Å². The van der Waals surface area contributed by atoms with Crippen molar-refractivity contribution in [3.63, 3.8) is 0 Å². The standard InChI is InChI=1S/C17H18N4O2/c1-4-11-7-12(17(22)23)5-6-14(11)21(3)16-8-15-13(9-18-16)19-10-20(15)2/h5-10H,4H2,1-3H3,(H,22,23). The number of nitrogens with zero attached hydrogens (tertiary/aromatic N) is 4. The van der Waals surface area contributed by atoms with Gasteiger partial charge in [0.05, 0.1) is 23.6 Å². The van der Waals surface area contributed by atoms with Crippen LogP contribution < -0.4 is 4.90 Å². The number of imidazole rings is 1. The lowest BCUT2D eigenvalue weighted by atomic mass is 10.1. The normalized spacial score (nSPS) is 10.9. The summed E-state index contributed by atoms with van der Waals surface area (Å²) in [6, 6.07) is 7.15. The predicted octanol–water partition coefficient (Wildman–Crippen LogP) is 3.00. The monoisotopic (exact) mass is 310 g/mol. The number of aryl methyl sites for hydroxylation is 2. The lowest BCUT2D eigenvalue weighted by Crippen LogP contribution is -2.14. The molecule has 23 heavy (non-hydrogen) atoms. The topological polar surface area (TPSA) is 71.2 Å². The van der Waals surface area contributed by atoms with Crippen LogP contribution in [0.4, 0.5) is 11.5 Å². The number of fused-ring (bicyclic) bond motifs is 1. The Morgan fingerprint density at radius 1 is 1.30 bits per heavy atom. The molecule has 6 heteroatoms. The lowest BCUT2D eigenvalue weighted by molar-refractivity contribution is 0.0697. The maximum absolute atomic E-state index is 11.1. The number of aromatic carboxylic acids is 1. The van der Waals surface area contributed by atoms with Crippen molar-refractivity contribution in [2.24, 2.45) is 7.05 Å². The van der Waals surface area contributed by atoms with Crippen LogP contribution in [0.3, 0.4) is 0 Å². The van der Waals surface area contributed by atoms with Gasteiger partial charge >= 0.3 is 5.97 Å². The fourth-order valence-electron chi connectivity index (χ4n) is 2.66. The van der Waals surface area contributed by atoms with Crippen LogP contribution in [0.2, 0.25) is 0 Å². The van der Waals surface area contributed by atoms with E-state index in [2.05, 4.69) is 9.97 Å². The van der Waals surface area contributed by atoms with Gasteiger partial charge in [0.2, 0.25) is 0 Å². The summed E-state index contributed by atoms with van der Waals surface area (Å²) in [5, 5.41) is 9.14. The molecular weight excluding hydrogens is 292 g/mol. The number of hydrogen-bond donors (Lipinski definition) is 1. The number of benzene rings is 1. The van der Waals surface area contributed by atoms with Gasteiger partial charge in [0.1, 0.15) is 11.3 Å². The molecule has 0 aliphatic rings.